The van der Waals surface area contributed by atoms with Gasteiger partial charge in [-0.15, -0.1) is 0 Å². The molecule has 3 aromatic rings. The summed E-state index contributed by atoms with van der Waals surface area (Å²) in [6.07, 6.45) is 4.99. The summed E-state index contributed by atoms with van der Waals surface area (Å²) in [7, 11) is 0. The fraction of sp³-hybridized carbons (Fsp3) is 0.371. The van der Waals surface area contributed by atoms with Crippen LogP contribution in [-0.4, -0.2) is 68.3 Å². The topological polar surface area (TPSA) is 209 Å². The van der Waals surface area contributed by atoms with Gasteiger partial charge in [0.2, 0.25) is 11.7 Å². The van der Waals surface area contributed by atoms with Gasteiger partial charge in [-0.3, -0.25) is 39.6 Å². The minimum absolute atomic E-state index is 0.0632. The van der Waals surface area contributed by atoms with Crippen molar-refractivity contribution in [1.29, 1.82) is 0 Å². The Morgan fingerprint density at radius 3 is 1.73 bits per heavy atom. The number of nitro groups is 2. The Balaban J connectivity index is 0.000000252. The molecule has 1 aromatic heterocycles. The molecule has 0 spiro atoms. The maximum Gasteiger partial charge on any atom is 0.310 e. The number of ether oxygens (including phenoxy) is 2. The number of esters is 3. The highest BCUT2D eigenvalue weighted by atomic mass is 16.6. The minimum Gasteiger partial charge on any atom is -0.466 e. The molecule has 0 amide bonds. The zero-order chi connectivity index (χ0) is 36.3. The lowest BCUT2D eigenvalue weighted by atomic mass is 9.87. The number of aromatic nitrogens is 1. The SMILES string of the molecule is CC(=O)OC(C)=O.CC(=O)OC[C@@H]1CC=C([N+](=O)[O-])[C@@H]1c1ccccc1.O=[N+]([O-])C1C(O)C[C@@H](CO)[C@H]1c1ccccc1.c1ccncc1. The number of hydrogen-bond donors (Lipinski definition) is 2. The van der Waals surface area contributed by atoms with Crippen LogP contribution in [0.2, 0.25) is 0 Å². The molecule has 1 fully saturated rings. The van der Waals surface area contributed by atoms with Crippen molar-refractivity contribution < 1.29 is 43.9 Å². The minimum atomic E-state index is -1.02. The van der Waals surface area contributed by atoms with Gasteiger partial charge in [-0.1, -0.05) is 66.7 Å². The molecule has 262 valence electrons. The summed E-state index contributed by atoms with van der Waals surface area (Å²) in [6, 6.07) is 23.1. The van der Waals surface area contributed by atoms with E-state index in [1.54, 1.807) is 18.5 Å². The predicted molar refractivity (Wildman–Crippen MR) is 177 cm³/mol. The van der Waals surface area contributed by atoms with Crippen molar-refractivity contribution in [3.63, 3.8) is 0 Å². The van der Waals surface area contributed by atoms with E-state index in [1.165, 1.54) is 20.8 Å². The summed E-state index contributed by atoms with van der Waals surface area (Å²) in [5, 5.41) is 41.1. The van der Waals surface area contributed by atoms with Crippen molar-refractivity contribution in [3.05, 3.63) is 134 Å². The molecule has 2 aliphatic carbocycles. The zero-order valence-electron chi connectivity index (χ0n) is 27.4. The first kappa shape index (κ1) is 39.8. The number of pyridine rings is 1. The standard InChI is InChI=1S/C14H15NO4.C12H15NO4.C5H5N.C4H6O3/c1-10(16)19-9-12-7-8-13(15(17)18)14(12)11-5-3-2-4-6-11;14-7-9-6-10(15)12(13(16)17)11(9)8-4-2-1-3-5-8;1-2-4-6-5-3-1;1-3(5)7-4(2)6/h2-6,8,12,14H,7,9H2,1H3;1-5,9-12,14-15H,6-7H2;1-5H;1-2H3/t12-,14+;9-,10?,11+,12?;;/m00../s1. The fourth-order valence-corrected chi connectivity index (χ4v) is 5.69. The molecule has 49 heavy (non-hydrogen) atoms. The van der Waals surface area contributed by atoms with Crippen LogP contribution in [0.1, 0.15) is 56.6 Å². The smallest absolute Gasteiger partial charge is 0.310 e. The largest absolute Gasteiger partial charge is 0.466 e. The van der Waals surface area contributed by atoms with E-state index in [2.05, 4.69) is 9.72 Å². The van der Waals surface area contributed by atoms with Crippen LogP contribution < -0.4 is 0 Å². The van der Waals surface area contributed by atoms with Crippen molar-refractivity contribution in [2.75, 3.05) is 13.2 Å². The van der Waals surface area contributed by atoms with Crippen molar-refractivity contribution in [3.8, 4) is 0 Å². The van der Waals surface area contributed by atoms with Gasteiger partial charge in [0.05, 0.1) is 23.4 Å². The molecule has 14 heteroatoms. The van der Waals surface area contributed by atoms with Crippen LogP contribution >= 0.6 is 0 Å². The number of carbonyl (C=O) groups is 3. The number of aliphatic hydroxyl groups excluding tert-OH is 2. The van der Waals surface area contributed by atoms with Crippen molar-refractivity contribution in [2.45, 2.75) is 57.6 Å². The average Bonchev–Trinajstić information content (AvgIpc) is 3.67. The van der Waals surface area contributed by atoms with Crippen molar-refractivity contribution in [2.24, 2.45) is 11.8 Å². The molecule has 1 saturated carbocycles. The van der Waals surface area contributed by atoms with Gasteiger partial charge >= 0.3 is 17.9 Å². The lowest BCUT2D eigenvalue weighted by molar-refractivity contribution is -0.534. The molecule has 5 rings (SSSR count). The number of hydrogen-bond acceptors (Lipinski definition) is 12. The number of aliphatic hydroxyl groups is 2. The first-order valence-electron chi connectivity index (χ1n) is 15.4. The van der Waals surface area contributed by atoms with Crippen LogP contribution in [0.25, 0.3) is 0 Å². The molecule has 0 bridgehead atoms. The third-order valence-electron chi connectivity index (χ3n) is 7.62. The second-order valence-electron chi connectivity index (χ2n) is 11.1. The second-order valence-corrected chi connectivity index (χ2v) is 11.1. The molecule has 0 radical (unpaired) electrons. The van der Waals surface area contributed by atoms with E-state index in [0.717, 1.165) is 11.1 Å². The number of nitrogens with zero attached hydrogens (tertiary/aromatic N) is 3. The molecule has 0 saturated heterocycles. The number of benzene rings is 2. The number of rotatable bonds is 7. The van der Waals surface area contributed by atoms with Gasteiger partial charge in [0.25, 0.3) is 0 Å². The fourth-order valence-electron chi connectivity index (χ4n) is 5.69. The Kier molecular flexibility index (Phi) is 16.9. The molecule has 2 unspecified atom stereocenters. The van der Waals surface area contributed by atoms with E-state index in [0.29, 0.717) is 6.42 Å². The van der Waals surface area contributed by atoms with Crippen molar-refractivity contribution in [1.82, 2.24) is 4.98 Å². The molecule has 2 aliphatic rings. The summed E-state index contributed by atoms with van der Waals surface area (Å²) in [4.78, 5) is 55.6. The van der Waals surface area contributed by atoms with Gasteiger partial charge in [-0.25, -0.2) is 0 Å². The molecule has 2 aromatic carbocycles. The average molecular weight is 680 g/mol. The Morgan fingerprint density at radius 2 is 1.35 bits per heavy atom. The summed E-state index contributed by atoms with van der Waals surface area (Å²) in [6.45, 7) is 3.78. The van der Waals surface area contributed by atoms with Crippen LogP contribution in [0.3, 0.4) is 0 Å². The van der Waals surface area contributed by atoms with Crippen LogP contribution in [0.4, 0.5) is 0 Å². The van der Waals surface area contributed by atoms with Crippen LogP contribution in [-0.2, 0) is 23.9 Å². The van der Waals surface area contributed by atoms with E-state index >= 15 is 0 Å². The summed E-state index contributed by atoms with van der Waals surface area (Å²) in [5.74, 6) is -2.52. The highest BCUT2D eigenvalue weighted by Gasteiger charge is 2.50. The number of carbonyl (C=O) groups excluding carboxylic acids is 3. The normalized spacial score (nSPS) is 21.9. The van der Waals surface area contributed by atoms with Gasteiger partial charge in [0, 0.05) is 50.6 Å². The van der Waals surface area contributed by atoms with E-state index in [9.17, 15) is 44.8 Å². The van der Waals surface area contributed by atoms with E-state index < -0.39 is 34.9 Å². The zero-order valence-corrected chi connectivity index (χ0v) is 27.4. The molecule has 1 heterocycles. The van der Waals surface area contributed by atoms with Crippen LogP contribution in [0.5, 0.6) is 0 Å². The summed E-state index contributed by atoms with van der Waals surface area (Å²) < 4.78 is 8.98. The van der Waals surface area contributed by atoms with Gasteiger partial charge in [-0.05, 0) is 48.1 Å². The molecular weight excluding hydrogens is 638 g/mol. The second kappa shape index (κ2) is 20.8. The first-order valence-corrected chi connectivity index (χ1v) is 15.4. The van der Waals surface area contributed by atoms with E-state index in [1.807, 2.05) is 78.9 Å². The third-order valence-corrected chi connectivity index (χ3v) is 7.62. The molecule has 0 aliphatic heterocycles. The van der Waals surface area contributed by atoms with Gasteiger partial charge in [-0.2, -0.15) is 0 Å². The quantitative estimate of drug-likeness (QED) is 0.153. The van der Waals surface area contributed by atoms with Gasteiger partial charge in [0.15, 0.2) is 0 Å². The molecular formula is C35H41N3O11. The van der Waals surface area contributed by atoms with E-state index in [-0.39, 0.29) is 54.0 Å². The number of allylic oxidation sites excluding steroid dienone is 2. The highest BCUT2D eigenvalue weighted by Crippen LogP contribution is 2.42. The highest BCUT2D eigenvalue weighted by molar-refractivity contribution is 5.82. The van der Waals surface area contributed by atoms with Gasteiger partial charge < -0.3 is 19.7 Å². The lowest BCUT2D eigenvalue weighted by Crippen LogP contribution is -2.33. The Morgan fingerprint density at radius 1 is 0.816 bits per heavy atom. The molecule has 2 N–H and O–H groups in total. The summed E-state index contributed by atoms with van der Waals surface area (Å²) >= 11 is 0. The lowest BCUT2D eigenvalue weighted by Gasteiger charge is -2.19. The van der Waals surface area contributed by atoms with Gasteiger partial charge in [0.1, 0.15) is 6.10 Å². The maximum absolute atomic E-state index is 11.1. The first-order chi connectivity index (χ1) is 23.4. The Bertz CT molecular complexity index is 1480. The van der Waals surface area contributed by atoms with E-state index in [4.69, 9.17) is 4.74 Å². The van der Waals surface area contributed by atoms with Crippen molar-refractivity contribution >= 4 is 17.9 Å². The maximum atomic E-state index is 11.1. The third kappa shape index (κ3) is 13.4. The molecule has 14 nitrogen and oxygen atoms in total. The Labute approximate surface area is 283 Å². The molecule has 6 atom stereocenters. The summed E-state index contributed by atoms with van der Waals surface area (Å²) in [5.41, 5.74) is 1.90. The van der Waals surface area contributed by atoms with Crippen LogP contribution in [0.15, 0.2) is 103 Å². The monoisotopic (exact) mass is 679 g/mol. The Hall–Kier alpha value is -5.34. The predicted octanol–water partition coefficient (Wildman–Crippen LogP) is 4.48. The van der Waals surface area contributed by atoms with Crippen LogP contribution in [0, 0.1) is 32.1 Å².